The minimum atomic E-state index is -0.500. The summed E-state index contributed by atoms with van der Waals surface area (Å²) < 4.78 is 27.9. The van der Waals surface area contributed by atoms with Crippen LogP contribution < -0.4 is 5.32 Å². The Morgan fingerprint density at radius 3 is 2.27 bits per heavy atom. The van der Waals surface area contributed by atoms with Gasteiger partial charge in [0.15, 0.2) is 10.9 Å². The normalized spacial score (nSPS) is 10.7. The number of carbonyl (C=O) groups is 1. The number of nitrogens with zero attached hydrogens (tertiary/aromatic N) is 5. The van der Waals surface area contributed by atoms with Crippen molar-refractivity contribution in [2.24, 2.45) is 0 Å². The van der Waals surface area contributed by atoms with E-state index < -0.39 is 11.7 Å². The summed E-state index contributed by atoms with van der Waals surface area (Å²) in [6, 6.07) is 12.8. The summed E-state index contributed by atoms with van der Waals surface area (Å²) >= 11 is 1.30. The predicted octanol–water partition coefficient (Wildman–Crippen LogP) is 3.88. The number of amides is 1. The minimum absolute atomic E-state index is 0.0899. The topological polar surface area (TPSA) is 85.6 Å². The number of hydrogen-bond donors (Lipinski definition) is 1. The standard InChI is InChI=1S/C20H14F2N6OS/c21-13-2-6-15(7-3-13)25-19(29)18-17(12-30-20-23-10-1-11-24-20)28(27-26-18)16-8-4-14(22)5-9-16/h1-11H,12H2,(H,25,29). The van der Waals surface area contributed by atoms with Gasteiger partial charge < -0.3 is 5.32 Å². The molecule has 1 N–H and O–H groups in total. The van der Waals surface area contributed by atoms with Crippen LogP contribution in [0.25, 0.3) is 5.69 Å². The molecule has 10 heteroatoms. The fourth-order valence-corrected chi connectivity index (χ4v) is 3.41. The molecule has 0 radical (unpaired) electrons. The molecule has 0 aliphatic heterocycles. The van der Waals surface area contributed by atoms with Crippen molar-refractivity contribution in [2.45, 2.75) is 10.9 Å². The van der Waals surface area contributed by atoms with E-state index in [2.05, 4.69) is 25.6 Å². The molecule has 4 aromatic rings. The molecule has 30 heavy (non-hydrogen) atoms. The summed E-state index contributed by atoms with van der Waals surface area (Å²) in [5.74, 6) is -1.00. The van der Waals surface area contributed by atoms with Crippen LogP contribution in [0, 0.1) is 11.6 Å². The summed E-state index contributed by atoms with van der Waals surface area (Å²) in [4.78, 5) is 21.1. The lowest BCUT2D eigenvalue weighted by Gasteiger charge is -2.08. The highest BCUT2D eigenvalue weighted by atomic mass is 32.2. The molecule has 0 saturated heterocycles. The Labute approximate surface area is 174 Å². The number of rotatable bonds is 6. The number of hydrogen-bond acceptors (Lipinski definition) is 6. The third-order valence-electron chi connectivity index (χ3n) is 4.03. The maximum atomic E-state index is 13.3. The van der Waals surface area contributed by atoms with Gasteiger partial charge in [-0.15, -0.1) is 5.10 Å². The molecular formula is C20H14F2N6OS. The lowest BCUT2D eigenvalue weighted by Crippen LogP contribution is -2.15. The molecule has 0 spiro atoms. The summed E-state index contributed by atoms with van der Waals surface area (Å²) in [5, 5.41) is 11.3. The van der Waals surface area contributed by atoms with Gasteiger partial charge in [-0.25, -0.2) is 23.4 Å². The van der Waals surface area contributed by atoms with Crippen molar-refractivity contribution in [1.29, 1.82) is 0 Å². The van der Waals surface area contributed by atoms with E-state index in [1.165, 1.54) is 52.8 Å². The average Bonchev–Trinajstić information content (AvgIpc) is 3.19. The fraction of sp³-hybridized carbons (Fsp3) is 0.0500. The molecule has 2 heterocycles. The zero-order chi connectivity index (χ0) is 20.9. The molecule has 0 aliphatic rings. The highest BCUT2D eigenvalue weighted by Gasteiger charge is 2.21. The highest BCUT2D eigenvalue weighted by Crippen LogP contribution is 2.23. The second-order valence-electron chi connectivity index (χ2n) is 6.05. The maximum Gasteiger partial charge on any atom is 0.278 e. The molecule has 0 atom stereocenters. The van der Waals surface area contributed by atoms with Crippen LogP contribution in [0.2, 0.25) is 0 Å². The van der Waals surface area contributed by atoms with Crippen molar-refractivity contribution in [3.05, 3.63) is 90.0 Å². The minimum Gasteiger partial charge on any atom is -0.321 e. The van der Waals surface area contributed by atoms with Crippen LogP contribution in [0.3, 0.4) is 0 Å². The first-order valence-electron chi connectivity index (χ1n) is 8.77. The van der Waals surface area contributed by atoms with E-state index in [-0.39, 0.29) is 11.5 Å². The van der Waals surface area contributed by atoms with Crippen molar-refractivity contribution in [3.63, 3.8) is 0 Å². The third-order valence-corrected chi connectivity index (χ3v) is 4.92. The molecule has 0 saturated carbocycles. The number of benzene rings is 2. The summed E-state index contributed by atoms with van der Waals surface area (Å²) in [5.41, 5.74) is 1.54. The smallest absolute Gasteiger partial charge is 0.278 e. The molecule has 2 aromatic heterocycles. The lowest BCUT2D eigenvalue weighted by atomic mass is 10.2. The number of carbonyl (C=O) groups excluding carboxylic acids is 1. The van der Waals surface area contributed by atoms with Gasteiger partial charge in [-0.2, -0.15) is 0 Å². The SMILES string of the molecule is O=C(Nc1ccc(F)cc1)c1nnn(-c2ccc(F)cc2)c1CSc1ncccn1. The van der Waals surface area contributed by atoms with Crippen LogP contribution >= 0.6 is 11.8 Å². The first-order chi connectivity index (χ1) is 14.6. The fourth-order valence-electron chi connectivity index (χ4n) is 2.61. The van der Waals surface area contributed by atoms with Gasteiger partial charge in [0, 0.05) is 23.8 Å². The van der Waals surface area contributed by atoms with Crippen LogP contribution in [0.1, 0.15) is 16.2 Å². The van der Waals surface area contributed by atoms with Gasteiger partial charge in [-0.05, 0) is 54.6 Å². The van der Waals surface area contributed by atoms with Gasteiger partial charge in [0.05, 0.1) is 11.4 Å². The molecule has 150 valence electrons. The van der Waals surface area contributed by atoms with Crippen molar-refractivity contribution in [2.75, 3.05) is 5.32 Å². The van der Waals surface area contributed by atoms with Crippen LogP contribution in [0.4, 0.5) is 14.5 Å². The van der Waals surface area contributed by atoms with E-state index in [1.54, 1.807) is 30.6 Å². The zero-order valence-corrected chi connectivity index (χ0v) is 16.2. The molecule has 0 unspecified atom stereocenters. The Morgan fingerprint density at radius 2 is 1.60 bits per heavy atom. The monoisotopic (exact) mass is 424 g/mol. The lowest BCUT2D eigenvalue weighted by molar-refractivity contribution is 0.102. The summed E-state index contributed by atoms with van der Waals surface area (Å²) in [6.45, 7) is 0. The van der Waals surface area contributed by atoms with Gasteiger partial charge in [0.1, 0.15) is 11.6 Å². The van der Waals surface area contributed by atoms with Crippen molar-refractivity contribution in [3.8, 4) is 5.69 Å². The Morgan fingerprint density at radius 1 is 0.967 bits per heavy atom. The maximum absolute atomic E-state index is 13.3. The van der Waals surface area contributed by atoms with E-state index in [0.717, 1.165) is 0 Å². The van der Waals surface area contributed by atoms with Crippen molar-refractivity contribution >= 4 is 23.4 Å². The molecule has 0 fully saturated rings. The van der Waals surface area contributed by atoms with E-state index in [0.29, 0.717) is 28.0 Å². The molecular weight excluding hydrogens is 410 g/mol. The van der Waals surface area contributed by atoms with Crippen LogP contribution in [0.15, 0.2) is 72.1 Å². The summed E-state index contributed by atoms with van der Waals surface area (Å²) in [6.07, 6.45) is 3.24. The second kappa shape index (κ2) is 8.78. The molecule has 0 aliphatic carbocycles. The first kappa shape index (κ1) is 19.6. The largest absolute Gasteiger partial charge is 0.321 e. The average molecular weight is 424 g/mol. The quantitative estimate of drug-likeness (QED) is 0.374. The van der Waals surface area contributed by atoms with Crippen LogP contribution in [-0.2, 0) is 5.75 Å². The Kier molecular flexibility index (Phi) is 5.75. The summed E-state index contributed by atoms with van der Waals surface area (Å²) in [7, 11) is 0. The first-order valence-corrected chi connectivity index (χ1v) is 9.76. The molecule has 0 bridgehead atoms. The third kappa shape index (κ3) is 4.49. The van der Waals surface area contributed by atoms with Gasteiger partial charge in [-0.3, -0.25) is 4.79 Å². The molecule has 2 aromatic carbocycles. The molecule has 7 nitrogen and oxygen atoms in total. The number of anilines is 1. The van der Waals surface area contributed by atoms with E-state index in [4.69, 9.17) is 0 Å². The number of aromatic nitrogens is 5. The van der Waals surface area contributed by atoms with E-state index in [9.17, 15) is 13.6 Å². The number of halogens is 2. The van der Waals surface area contributed by atoms with Crippen molar-refractivity contribution in [1.82, 2.24) is 25.0 Å². The van der Waals surface area contributed by atoms with Gasteiger partial charge in [-0.1, -0.05) is 17.0 Å². The highest BCUT2D eigenvalue weighted by molar-refractivity contribution is 7.98. The van der Waals surface area contributed by atoms with E-state index >= 15 is 0 Å². The molecule has 4 rings (SSSR count). The van der Waals surface area contributed by atoms with Gasteiger partial charge >= 0.3 is 0 Å². The van der Waals surface area contributed by atoms with Crippen LogP contribution in [-0.4, -0.2) is 30.9 Å². The number of nitrogens with one attached hydrogen (secondary N) is 1. The Balaban J connectivity index is 1.65. The van der Waals surface area contributed by atoms with Crippen LogP contribution in [0.5, 0.6) is 0 Å². The Hall–Kier alpha value is -3.66. The second-order valence-corrected chi connectivity index (χ2v) is 7.00. The van der Waals surface area contributed by atoms with Gasteiger partial charge in [0.25, 0.3) is 5.91 Å². The Bertz CT molecular complexity index is 1150. The zero-order valence-electron chi connectivity index (χ0n) is 15.4. The molecule has 1 amide bonds. The van der Waals surface area contributed by atoms with Crippen molar-refractivity contribution < 1.29 is 13.6 Å². The van der Waals surface area contributed by atoms with E-state index in [1.807, 2.05) is 0 Å². The predicted molar refractivity (Wildman–Crippen MR) is 107 cm³/mol. The number of thioether (sulfide) groups is 1. The van der Waals surface area contributed by atoms with Gasteiger partial charge in [0.2, 0.25) is 0 Å².